The van der Waals surface area contributed by atoms with E-state index in [-0.39, 0.29) is 11.7 Å². The van der Waals surface area contributed by atoms with Gasteiger partial charge < -0.3 is 10.1 Å². The lowest BCUT2D eigenvalue weighted by Gasteiger charge is -2.10. The molecule has 0 unspecified atom stereocenters. The number of anilines is 1. The molecule has 1 N–H and O–H groups in total. The Balaban J connectivity index is 0.00000127. The first-order valence-electron chi connectivity index (χ1n) is 7.31. The maximum Gasteiger partial charge on any atom is 0.308 e. The van der Waals surface area contributed by atoms with Gasteiger partial charge in [-0.2, -0.15) is 0 Å². The molecule has 0 fully saturated rings. The molecule has 4 nitrogen and oxygen atoms in total. The Morgan fingerprint density at radius 2 is 1.65 bits per heavy atom. The van der Waals surface area contributed by atoms with Crippen molar-refractivity contribution in [2.75, 3.05) is 5.32 Å². The van der Waals surface area contributed by atoms with Crippen molar-refractivity contribution in [3.63, 3.8) is 0 Å². The Bertz CT molecular complexity index is 681. The molecule has 0 bridgehead atoms. The molecule has 0 aliphatic carbocycles. The minimum atomic E-state index is -0.473. The lowest BCUT2D eigenvalue weighted by molar-refractivity contribution is -0.131. The van der Waals surface area contributed by atoms with Crippen molar-refractivity contribution >= 4 is 29.2 Å². The molecular formula is C18H20ClNO3. The van der Waals surface area contributed by atoms with Crippen LogP contribution in [0.1, 0.15) is 36.7 Å². The molecule has 0 aliphatic rings. The van der Waals surface area contributed by atoms with Gasteiger partial charge in [0.1, 0.15) is 5.75 Å². The summed E-state index contributed by atoms with van der Waals surface area (Å²) in [7, 11) is 0. The summed E-state index contributed by atoms with van der Waals surface area (Å²) < 4.78 is 5.06. The van der Waals surface area contributed by atoms with Crippen LogP contribution in [0.4, 0.5) is 5.69 Å². The molecule has 0 aliphatic heterocycles. The maximum absolute atomic E-state index is 12.3. The minimum Gasteiger partial charge on any atom is -0.426 e. The van der Waals surface area contributed by atoms with E-state index in [0.717, 1.165) is 5.56 Å². The summed E-state index contributed by atoms with van der Waals surface area (Å²) in [6.07, 6.45) is 0. The summed E-state index contributed by atoms with van der Waals surface area (Å²) in [6, 6.07) is 11.8. The molecular weight excluding hydrogens is 314 g/mol. The van der Waals surface area contributed by atoms with Gasteiger partial charge in [-0.05, 0) is 43.3 Å². The van der Waals surface area contributed by atoms with Crippen LogP contribution in [-0.4, -0.2) is 11.9 Å². The summed E-state index contributed by atoms with van der Waals surface area (Å²) in [5.41, 5.74) is 1.81. The summed E-state index contributed by atoms with van der Waals surface area (Å²) in [5.74, 6) is -0.587. The van der Waals surface area contributed by atoms with Crippen molar-refractivity contribution in [3.05, 3.63) is 58.6 Å². The zero-order valence-corrected chi connectivity index (χ0v) is 14.4. The molecule has 0 saturated heterocycles. The highest BCUT2D eigenvalue weighted by molar-refractivity contribution is 6.30. The van der Waals surface area contributed by atoms with Crippen LogP contribution in [0.5, 0.6) is 5.75 Å². The Hall–Kier alpha value is -2.33. The first-order valence-corrected chi connectivity index (χ1v) is 7.69. The molecule has 2 aromatic rings. The molecule has 2 aromatic carbocycles. The molecule has 0 heterocycles. The van der Waals surface area contributed by atoms with Crippen LogP contribution >= 0.6 is 11.6 Å². The minimum absolute atomic E-state index is 0.236. The van der Waals surface area contributed by atoms with Gasteiger partial charge in [-0.1, -0.05) is 37.1 Å². The van der Waals surface area contributed by atoms with Crippen LogP contribution in [0.2, 0.25) is 5.02 Å². The topological polar surface area (TPSA) is 55.4 Å². The molecule has 0 atom stereocenters. The van der Waals surface area contributed by atoms with Gasteiger partial charge in [-0.3, -0.25) is 9.59 Å². The van der Waals surface area contributed by atoms with E-state index in [4.69, 9.17) is 16.3 Å². The van der Waals surface area contributed by atoms with Crippen molar-refractivity contribution in [3.8, 4) is 5.75 Å². The number of carbonyl (C=O) groups excluding carboxylic acids is 2. The summed E-state index contributed by atoms with van der Waals surface area (Å²) in [4.78, 5) is 23.4. The Labute approximate surface area is 141 Å². The second-order valence-electron chi connectivity index (χ2n) is 4.55. The van der Waals surface area contributed by atoms with Gasteiger partial charge in [-0.15, -0.1) is 0 Å². The Kier molecular flexibility index (Phi) is 7.29. The van der Waals surface area contributed by atoms with Gasteiger partial charge in [0.25, 0.3) is 5.91 Å². The third-order valence-corrected chi connectivity index (χ3v) is 2.99. The van der Waals surface area contributed by atoms with Gasteiger partial charge in [0.05, 0.1) is 5.56 Å². The number of benzene rings is 2. The molecule has 23 heavy (non-hydrogen) atoms. The maximum atomic E-state index is 12.3. The molecule has 5 heteroatoms. The van der Waals surface area contributed by atoms with Gasteiger partial charge >= 0.3 is 5.97 Å². The summed E-state index contributed by atoms with van der Waals surface area (Å²) in [5, 5.41) is 3.32. The number of hydrogen-bond donors (Lipinski definition) is 1. The molecule has 1 amide bonds. The van der Waals surface area contributed by atoms with Crippen LogP contribution < -0.4 is 10.1 Å². The number of ether oxygens (including phenoxy) is 1. The fraction of sp³-hybridized carbons (Fsp3) is 0.222. The van der Waals surface area contributed by atoms with Crippen LogP contribution in [-0.2, 0) is 4.79 Å². The Morgan fingerprint density at radius 3 is 2.22 bits per heavy atom. The van der Waals surface area contributed by atoms with Gasteiger partial charge in [0.15, 0.2) is 0 Å². The number of aryl methyl sites for hydroxylation is 1. The highest BCUT2D eigenvalue weighted by Crippen LogP contribution is 2.22. The average Bonchev–Trinajstić information content (AvgIpc) is 2.53. The highest BCUT2D eigenvalue weighted by Gasteiger charge is 2.14. The molecule has 0 radical (unpaired) electrons. The zero-order valence-electron chi connectivity index (χ0n) is 13.6. The van der Waals surface area contributed by atoms with E-state index in [1.807, 2.05) is 20.8 Å². The van der Waals surface area contributed by atoms with Crippen LogP contribution in [0.3, 0.4) is 0 Å². The van der Waals surface area contributed by atoms with E-state index in [1.54, 1.807) is 42.5 Å². The number of halogens is 1. The third kappa shape index (κ3) is 5.75. The SMILES string of the molecule is CC.CC(=O)Oc1ccc(C)cc1C(=O)Nc1ccc(Cl)cc1. The van der Waals surface area contributed by atoms with Gasteiger partial charge in [-0.25, -0.2) is 0 Å². The number of amides is 1. The first kappa shape index (κ1) is 18.7. The van der Waals surface area contributed by atoms with E-state index in [9.17, 15) is 9.59 Å². The van der Waals surface area contributed by atoms with Crippen molar-refractivity contribution in [2.24, 2.45) is 0 Å². The second-order valence-corrected chi connectivity index (χ2v) is 4.99. The van der Waals surface area contributed by atoms with E-state index in [1.165, 1.54) is 6.92 Å². The first-order chi connectivity index (χ1) is 11.0. The smallest absolute Gasteiger partial charge is 0.308 e. The van der Waals surface area contributed by atoms with E-state index in [2.05, 4.69) is 5.32 Å². The van der Waals surface area contributed by atoms with Crippen molar-refractivity contribution in [1.29, 1.82) is 0 Å². The predicted molar refractivity (Wildman–Crippen MR) is 93.2 cm³/mol. The lowest BCUT2D eigenvalue weighted by atomic mass is 10.1. The van der Waals surface area contributed by atoms with Gasteiger partial charge in [0, 0.05) is 17.6 Å². The van der Waals surface area contributed by atoms with Crippen LogP contribution in [0, 0.1) is 6.92 Å². The van der Waals surface area contributed by atoms with E-state index < -0.39 is 5.97 Å². The monoisotopic (exact) mass is 333 g/mol. The number of hydrogen-bond acceptors (Lipinski definition) is 3. The molecule has 2 rings (SSSR count). The predicted octanol–water partition coefficient (Wildman–Crippen LogP) is 4.85. The van der Waals surface area contributed by atoms with Crippen LogP contribution in [0.15, 0.2) is 42.5 Å². The molecule has 0 spiro atoms. The van der Waals surface area contributed by atoms with Crippen molar-refractivity contribution < 1.29 is 14.3 Å². The van der Waals surface area contributed by atoms with Crippen molar-refractivity contribution in [2.45, 2.75) is 27.7 Å². The fourth-order valence-corrected chi connectivity index (χ4v) is 1.92. The van der Waals surface area contributed by atoms with Gasteiger partial charge in [0.2, 0.25) is 0 Å². The average molecular weight is 334 g/mol. The second kappa shape index (κ2) is 8.96. The standard InChI is InChI=1S/C16H14ClNO3.C2H6/c1-10-3-8-15(21-11(2)19)14(9-10)16(20)18-13-6-4-12(17)5-7-13;1-2/h3-9H,1-2H3,(H,18,20);1-2H3. The van der Waals surface area contributed by atoms with E-state index in [0.29, 0.717) is 16.3 Å². The lowest BCUT2D eigenvalue weighted by Crippen LogP contribution is -2.15. The third-order valence-electron chi connectivity index (χ3n) is 2.74. The number of nitrogens with one attached hydrogen (secondary N) is 1. The highest BCUT2D eigenvalue weighted by atomic mass is 35.5. The zero-order chi connectivity index (χ0) is 17.4. The molecule has 0 saturated carbocycles. The summed E-state index contributed by atoms with van der Waals surface area (Å²) in [6.45, 7) is 7.15. The fourth-order valence-electron chi connectivity index (χ4n) is 1.80. The van der Waals surface area contributed by atoms with Crippen LogP contribution in [0.25, 0.3) is 0 Å². The molecule has 0 aromatic heterocycles. The number of carbonyl (C=O) groups is 2. The number of esters is 1. The quantitative estimate of drug-likeness (QED) is 0.645. The Morgan fingerprint density at radius 1 is 1.04 bits per heavy atom. The number of rotatable bonds is 3. The molecule has 122 valence electrons. The normalized spacial score (nSPS) is 9.43. The largest absolute Gasteiger partial charge is 0.426 e. The van der Waals surface area contributed by atoms with E-state index >= 15 is 0 Å². The van der Waals surface area contributed by atoms with Crippen molar-refractivity contribution in [1.82, 2.24) is 0 Å². The summed E-state index contributed by atoms with van der Waals surface area (Å²) >= 11 is 5.80.